The summed E-state index contributed by atoms with van der Waals surface area (Å²) in [5.74, 6) is -1.37. The van der Waals surface area contributed by atoms with E-state index in [1.807, 2.05) is 6.07 Å². The number of ketones is 1. The molecule has 1 heterocycles. The Morgan fingerprint density at radius 3 is 2.73 bits per heavy atom. The van der Waals surface area contributed by atoms with E-state index in [-0.39, 0.29) is 5.78 Å². The van der Waals surface area contributed by atoms with Gasteiger partial charge in [-0.25, -0.2) is 4.79 Å². The zero-order valence-electron chi connectivity index (χ0n) is 11.8. The molecule has 0 aliphatic rings. The normalized spacial score (nSPS) is 11.1. The van der Waals surface area contributed by atoms with E-state index in [0.717, 1.165) is 0 Å². The quantitative estimate of drug-likeness (QED) is 0.875. The molecule has 1 atom stereocenters. The van der Waals surface area contributed by atoms with Crippen LogP contribution in [0.15, 0.2) is 48.7 Å². The minimum absolute atomic E-state index is 0.311. The molecule has 0 aliphatic heterocycles. The summed E-state index contributed by atoms with van der Waals surface area (Å²) < 4.78 is 4.50. The SMILES string of the molecule is COC(=O)Nc1cccc(C(=O)C(C#N)c2ccccn2)c1. The topological polar surface area (TPSA) is 92.1 Å². The fourth-order valence-electron chi connectivity index (χ4n) is 1.89. The van der Waals surface area contributed by atoms with Crippen molar-refractivity contribution >= 4 is 17.6 Å². The lowest BCUT2D eigenvalue weighted by molar-refractivity contribution is 0.0977. The van der Waals surface area contributed by atoms with Gasteiger partial charge in [0.15, 0.2) is 11.7 Å². The molecule has 0 fully saturated rings. The Morgan fingerprint density at radius 1 is 1.27 bits per heavy atom. The standard InChI is InChI=1S/C16H13N3O3/c1-22-16(21)19-12-6-4-5-11(9-12)15(20)13(10-17)14-7-2-3-8-18-14/h2-9,13H,1H3,(H,19,21). The number of nitrogens with one attached hydrogen (secondary N) is 1. The van der Waals surface area contributed by atoms with Gasteiger partial charge in [0.1, 0.15) is 0 Å². The Kier molecular flexibility index (Phi) is 4.83. The lowest BCUT2D eigenvalue weighted by Crippen LogP contribution is -2.14. The molecule has 0 aliphatic carbocycles. The van der Waals surface area contributed by atoms with Gasteiger partial charge in [-0.2, -0.15) is 5.26 Å². The molecular formula is C16H13N3O3. The van der Waals surface area contributed by atoms with Gasteiger partial charge in [0, 0.05) is 17.4 Å². The van der Waals surface area contributed by atoms with E-state index in [1.54, 1.807) is 36.4 Å². The number of nitriles is 1. The minimum atomic E-state index is -0.991. The van der Waals surface area contributed by atoms with Crippen LogP contribution < -0.4 is 5.32 Å². The summed E-state index contributed by atoms with van der Waals surface area (Å²) in [6.07, 6.45) is 0.897. The maximum Gasteiger partial charge on any atom is 0.411 e. The molecule has 1 aromatic heterocycles. The third-order valence-electron chi connectivity index (χ3n) is 2.95. The number of nitrogens with zero attached hydrogens (tertiary/aromatic N) is 2. The molecule has 1 N–H and O–H groups in total. The molecule has 1 unspecified atom stereocenters. The Labute approximate surface area is 127 Å². The van der Waals surface area contributed by atoms with E-state index < -0.39 is 12.0 Å². The summed E-state index contributed by atoms with van der Waals surface area (Å²) >= 11 is 0. The number of anilines is 1. The number of rotatable bonds is 4. The molecule has 2 rings (SSSR count). The van der Waals surface area contributed by atoms with Gasteiger partial charge in [-0.15, -0.1) is 0 Å². The van der Waals surface area contributed by atoms with E-state index in [0.29, 0.717) is 16.9 Å². The predicted molar refractivity (Wildman–Crippen MR) is 79.4 cm³/mol. The van der Waals surface area contributed by atoms with Crippen molar-refractivity contribution in [2.75, 3.05) is 12.4 Å². The number of Topliss-reactive ketones (excluding diaryl/α,β-unsaturated/α-hetero) is 1. The average Bonchev–Trinajstić information content (AvgIpc) is 2.56. The molecule has 110 valence electrons. The van der Waals surface area contributed by atoms with Gasteiger partial charge in [-0.1, -0.05) is 18.2 Å². The number of methoxy groups -OCH3 is 1. The molecule has 0 bridgehead atoms. The van der Waals surface area contributed by atoms with Gasteiger partial charge < -0.3 is 4.74 Å². The number of carbonyl (C=O) groups excluding carboxylic acids is 2. The second-order valence-corrected chi connectivity index (χ2v) is 4.38. The number of benzene rings is 1. The van der Waals surface area contributed by atoms with Crippen molar-refractivity contribution in [2.45, 2.75) is 5.92 Å². The Balaban J connectivity index is 2.27. The summed E-state index contributed by atoms with van der Waals surface area (Å²) in [6.45, 7) is 0. The Bertz CT molecular complexity index is 723. The number of carbonyl (C=O) groups is 2. The van der Waals surface area contributed by atoms with Crippen LogP contribution in [0.25, 0.3) is 0 Å². The molecular weight excluding hydrogens is 282 g/mol. The molecule has 1 amide bonds. The molecule has 0 spiro atoms. The lowest BCUT2D eigenvalue weighted by Gasteiger charge is -2.09. The molecule has 1 aromatic carbocycles. The van der Waals surface area contributed by atoms with E-state index in [9.17, 15) is 14.9 Å². The van der Waals surface area contributed by atoms with Crippen LogP contribution in [0.3, 0.4) is 0 Å². The number of pyridine rings is 1. The highest BCUT2D eigenvalue weighted by molar-refractivity contribution is 6.03. The average molecular weight is 295 g/mol. The van der Waals surface area contributed by atoms with Crippen molar-refractivity contribution in [3.05, 3.63) is 59.9 Å². The molecule has 22 heavy (non-hydrogen) atoms. The summed E-state index contributed by atoms with van der Waals surface area (Å²) in [7, 11) is 1.25. The summed E-state index contributed by atoms with van der Waals surface area (Å²) in [5, 5.41) is 11.7. The highest BCUT2D eigenvalue weighted by Gasteiger charge is 2.23. The summed E-state index contributed by atoms with van der Waals surface area (Å²) in [4.78, 5) is 27.7. The number of amides is 1. The zero-order valence-corrected chi connectivity index (χ0v) is 11.8. The van der Waals surface area contributed by atoms with Gasteiger partial charge in [0.05, 0.1) is 18.9 Å². The van der Waals surface area contributed by atoms with E-state index >= 15 is 0 Å². The molecule has 6 nitrogen and oxygen atoms in total. The highest BCUT2D eigenvalue weighted by Crippen LogP contribution is 2.20. The van der Waals surface area contributed by atoms with Crippen LogP contribution in [0.1, 0.15) is 22.0 Å². The van der Waals surface area contributed by atoms with Gasteiger partial charge in [-0.05, 0) is 24.3 Å². The predicted octanol–water partition coefficient (Wildman–Crippen LogP) is 2.75. The second kappa shape index (κ2) is 6.99. The maximum absolute atomic E-state index is 12.5. The third-order valence-corrected chi connectivity index (χ3v) is 2.95. The van der Waals surface area contributed by atoms with Gasteiger partial charge in [0.25, 0.3) is 0 Å². The minimum Gasteiger partial charge on any atom is -0.453 e. The van der Waals surface area contributed by atoms with Crippen molar-refractivity contribution in [2.24, 2.45) is 0 Å². The van der Waals surface area contributed by atoms with Gasteiger partial charge in [0.2, 0.25) is 0 Å². The first-order valence-electron chi connectivity index (χ1n) is 6.45. The zero-order chi connectivity index (χ0) is 15.9. The monoisotopic (exact) mass is 295 g/mol. The van der Waals surface area contributed by atoms with Crippen LogP contribution in [-0.2, 0) is 4.74 Å². The first kappa shape index (κ1) is 15.2. The summed E-state index contributed by atoms with van der Waals surface area (Å²) in [5.41, 5.74) is 1.11. The van der Waals surface area contributed by atoms with E-state index in [4.69, 9.17) is 0 Å². The van der Waals surface area contributed by atoms with Gasteiger partial charge in [-0.3, -0.25) is 15.1 Å². The number of aromatic nitrogens is 1. The van der Waals surface area contributed by atoms with Crippen molar-refractivity contribution in [1.29, 1.82) is 5.26 Å². The van der Waals surface area contributed by atoms with E-state index in [1.165, 1.54) is 19.4 Å². The van der Waals surface area contributed by atoms with Gasteiger partial charge >= 0.3 is 6.09 Å². The first-order valence-corrected chi connectivity index (χ1v) is 6.45. The molecule has 0 saturated heterocycles. The highest BCUT2D eigenvalue weighted by atomic mass is 16.5. The van der Waals surface area contributed by atoms with Crippen molar-refractivity contribution in [3.8, 4) is 6.07 Å². The largest absolute Gasteiger partial charge is 0.453 e. The van der Waals surface area contributed by atoms with E-state index in [2.05, 4.69) is 15.0 Å². The van der Waals surface area contributed by atoms with Crippen molar-refractivity contribution in [1.82, 2.24) is 4.98 Å². The lowest BCUT2D eigenvalue weighted by atomic mass is 9.95. The third kappa shape index (κ3) is 3.46. The fraction of sp³-hybridized carbons (Fsp3) is 0.125. The Morgan fingerprint density at radius 2 is 2.09 bits per heavy atom. The van der Waals surface area contributed by atoms with Crippen molar-refractivity contribution in [3.63, 3.8) is 0 Å². The maximum atomic E-state index is 12.5. The number of ether oxygens (including phenoxy) is 1. The van der Waals surface area contributed by atoms with Crippen LogP contribution in [0, 0.1) is 11.3 Å². The number of hydrogen-bond acceptors (Lipinski definition) is 5. The first-order chi connectivity index (χ1) is 10.7. The molecule has 0 saturated carbocycles. The van der Waals surface area contributed by atoms with Crippen LogP contribution >= 0.6 is 0 Å². The van der Waals surface area contributed by atoms with Crippen LogP contribution in [0.2, 0.25) is 0 Å². The fourth-order valence-corrected chi connectivity index (χ4v) is 1.89. The molecule has 6 heteroatoms. The van der Waals surface area contributed by atoms with Crippen LogP contribution in [0.4, 0.5) is 10.5 Å². The van der Waals surface area contributed by atoms with Crippen LogP contribution in [-0.4, -0.2) is 24.0 Å². The Hall–Kier alpha value is -3.20. The number of hydrogen-bond donors (Lipinski definition) is 1. The smallest absolute Gasteiger partial charge is 0.411 e. The second-order valence-electron chi connectivity index (χ2n) is 4.38. The van der Waals surface area contributed by atoms with Crippen molar-refractivity contribution < 1.29 is 14.3 Å². The summed E-state index contributed by atoms with van der Waals surface area (Å²) in [6, 6.07) is 13.3. The molecule has 2 aromatic rings. The molecule has 0 radical (unpaired) electrons. The van der Waals surface area contributed by atoms with Crippen LogP contribution in [0.5, 0.6) is 0 Å².